The highest BCUT2D eigenvalue weighted by Crippen LogP contribution is 2.23. The summed E-state index contributed by atoms with van der Waals surface area (Å²) < 4.78 is 29.2. The lowest BCUT2D eigenvalue weighted by Gasteiger charge is -2.20. The summed E-state index contributed by atoms with van der Waals surface area (Å²) in [6.45, 7) is 1.15. The second kappa shape index (κ2) is 11.2. The van der Waals surface area contributed by atoms with E-state index >= 15 is 0 Å². The summed E-state index contributed by atoms with van der Waals surface area (Å²) in [6, 6.07) is 13.9. The van der Waals surface area contributed by atoms with Crippen molar-refractivity contribution in [2.75, 3.05) is 18.4 Å². The number of hydrogen-bond donors (Lipinski definition) is 2. The molecule has 0 saturated carbocycles. The maximum absolute atomic E-state index is 12.9. The van der Waals surface area contributed by atoms with Gasteiger partial charge in [-0.2, -0.15) is 4.31 Å². The van der Waals surface area contributed by atoms with Gasteiger partial charge in [0.25, 0.3) is 0 Å². The SMILES string of the molecule is Cn1ccnc1C(O)c1ccc(NC(=O)CCc2ccc(S(=O)(=O)N3CCCCCC3)cc2)cc1. The number of benzene rings is 2. The molecule has 0 radical (unpaired) electrons. The van der Waals surface area contributed by atoms with Crippen LogP contribution in [0.25, 0.3) is 0 Å². The van der Waals surface area contributed by atoms with Gasteiger partial charge in [-0.15, -0.1) is 0 Å². The third-order valence-electron chi connectivity index (χ3n) is 6.38. The van der Waals surface area contributed by atoms with Crippen LogP contribution in [0.15, 0.2) is 65.8 Å². The van der Waals surface area contributed by atoms with Crippen LogP contribution in [0.4, 0.5) is 5.69 Å². The Hall–Kier alpha value is -3.01. The van der Waals surface area contributed by atoms with Gasteiger partial charge in [0, 0.05) is 44.6 Å². The number of aliphatic hydroxyl groups is 1. The van der Waals surface area contributed by atoms with E-state index in [0.717, 1.165) is 31.2 Å². The maximum Gasteiger partial charge on any atom is 0.243 e. The number of aliphatic hydroxyl groups excluding tert-OH is 1. The van der Waals surface area contributed by atoms with Crippen LogP contribution < -0.4 is 5.32 Å². The smallest absolute Gasteiger partial charge is 0.243 e. The molecule has 1 fully saturated rings. The minimum atomic E-state index is -3.47. The average molecular weight is 497 g/mol. The number of aromatic nitrogens is 2. The monoisotopic (exact) mass is 496 g/mol. The largest absolute Gasteiger partial charge is 0.380 e. The molecular formula is C26H32N4O4S. The van der Waals surface area contributed by atoms with E-state index in [1.54, 1.807) is 69.8 Å². The predicted molar refractivity (Wildman–Crippen MR) is 134 cm³/mol. The summed E-state index contributed by atoms with van der Waals surface area (Å²) in [5, 5.41) is 13.4. The van der Waals surface area contributed by atoms with Crippen molar-refractivity contribution in [3.63, 3.8) is 0 Å². The fourth-order valence-electron chi connectivity index (χ4n) is 4.28. The predicted octanol–water partition coefficient (Wildman–Crippen LogP) is 3.64. The normalized spacial score (nSPS) is 15.9. The molecule has 2 aromatic carbocycles. The van der Waals surface area contributed by atoms with Crippen LogP contribution in [-0.4, -0.2) is 46.4 Å². The number of rotatable bonds is 8. The van der Waals surface area contributed by atoms with Gasteiger partial charge < -0.3 is 15.0 Å². The van der Waals surface area contributed by atoms with Gasteiger partial charge in [-0.1, -0.05) is 37.1 Å². The second-order valence-corrected chi connectivity index (χ2v) is 10.9. The first kappa shape index (κ1) is 25.1. The Labute approximate surface area is 206 Å². The Balaban J connectivity index is 1.29. The molecule has 1 aliphatic heterocycles. The van der Waals surface area contributed by atoms with Crippen molar-refractivity contribution in [3.05, 3.63) is 77.9 Å². The highest BCUT2D eigenvalue weighted by atomic mass is 32.2. The summed E-state index contributed by atoms with van der Waals surface area (Å²) in [5.74, 6) is 0.413. The topological polar surface area (TPSA) is 105 Å². The number of anilines is 1. The highest BCUT2D eigenvalue weighted by molar-refractivity contribution is 7.89. The molecule has 1 aromatic heterocycles. The van der Waals surface area contributed by atoms with Crippen molar-refractivity contribution in [2.24, 2.45) is 7.05 Å². The Morgan fingerprint density at radius 3 is 2.29 bits per heavy atom. The molecule has 8 nitrogen and oxygen atoms in total. The van der Waals surface area contributed by atoms with Gasteiger partial charge in [0.1, 0.15) is 11.9 Å². The van der Waals surface area contributed by atoms with Gasteiger partial charge in [0.05, 0.1) is 4.90 Å². The molecule has 0 aliphatic carbocycles. The average Bonchev–Trinajstić information content (AvgIpc) is 3.10. The maximum atomic E-state index is 12.9. The van der Waals surface area contributed by atoms with E-state index in [9.17, 15) is 18.3 Å². The molecule has 1 aliphatic rings. The first-order chi connectivity index (χ1) is 16.8. The van der Waals surface area contributed by atoms with E-state index in [1.807, 2.05) is 7.05 Å². The number of imidazole rings is 1. The van der Waals surface area contributed by atoms with Crippen LogP contribution in [0.2, 0.25) is 0 Å². The fraction of sp³-hybridized carbons (Fsp3) is 0.385. The molecule has 0 spiro atoms. The standard InChI is InChI=1S/C26H32N4O4S/c1-29-19-16-27-26(29)25(32)21-9-11-22(12-10-21)28-24(31)15-8-20-6-13-23(14-7-20)35(33,34)30-17-4-2-3-5-18-30/h6-7,9-14,16,19,25,32H,2-5,8,15,17-18H2,1H3,(H,28,31). The zero-order chi connectivity index (χ0) is 24.8. The molecule has 9 heteroatoms. The Morgan fingerprint density at radius 1 is 1.03 bits per heavy atom. The lowest BCUT2D eigenvalue weighted by Crippen LogP contribution is -2.31. The minimum absolute atomic E-state index is 0.135. The van der Waals surface area contributed by atoms with Crippen molar-refractivity contribution in [1.29, 1.82) is 0 Å². The van der Waals surface area contributed by atoms with E-state index in [0.29, 0.717) is 41.5 Å². The van der Waals surface area contributed by atoms with Crippen LogP contribution in [0.5, 0.6) is 0 Å². The Bertz CT molecular complexity index is 1230. The first-order valence-corrected chi connectivity index (χ1v) is 13.4. The third-order valence-corrected chi connectivity index (χ3v) is 8.29. The van der Waals surface area contributed by atoms with E-state index < -0.39 is 16.1 Å². The van der Waals surface area contributed by atoms with E-state index in [1.165, 1.54) is 0 Å². The number of hydrogen-bond acceptors (Lipinski definition) is 5. The van der Waals surface area contributed by atoms with Gasteiger partial charge in [0.2, 0.25) is 15.9 Å². The van der Waals surface area contributed by atoms with Gasteiger partial charge in [-0.3, -0.25) is 4.79 Å². The van der Waals surface area contributed by atoms with E-state index in [2.05, 4.69) is 10.3 Å². The van der Waals surface area contributed by atoms with Crippen molar-refractivity contribution in [1.82, 2.24) is 13.9 Å². The zero-order valence-corrected chi connectivity index (χ0v) is 20.7. The number of sulfonamides is 1. The van der Waals surface area contributed by atoms with Gasteiger partial charge >= 0.3 is 0 Å². The molecule has 4 rings (SSSR count). The molecule has 1 atom stereocenters. The van der Waals surface area contributed by atoms with Crippen LogP contribution in [0, 0.1) is 0 Å². The molecule has 1 amide bonds. The molecule has 2 N–H and O–H groups in total. The molecule has 1 saturated heterocycles. The summed E-state index contributed by atoms with van der Waals surface area (Å²) in [6.07, 6.45) is 7.30. The van der Waals surface area contributed by atoms with E-state index in [-0.39, 0.29) is 12.3 Å². The van der Waals surface area contributed by atoms with Crippen molar-refractivity contribution < 1.29 is 18.3 Å². The third kappa shape index (κ3) is 6.17. The summed E-state index contributed by atoms with van der Waals surface area (Å²) >= 11 is 0. The fourth-order valence-corrected chi connectivity index (χ4v) is 5.80. The lowest BCUT2D eigenvalue weighted by molar-refractivity contribution is -0.116. The Morgan fingerprint density at radius 2 is 1.69 bits per heavy atom. The van der Waals surface area contributed by atoms with Gasteiger partial charge in [-0.05, 0) is 54.7 Å². The molecule has 0 bridgehead atoms. The second-order valence-electron chi connectivity index (χ2n) is 8.93. The van der Waals surface area contributed by atoms with Crippen molar-refractivity contribution in [2.45, 2.75) is 49.5 Å². The number of nitrogens with one attached hydrogen (secondary N) is 1. The number of carbonyl (C=O) groups is 1. The van der Waals surface area contributed by atoms with Crippen molar-refractivity contribution >= 4 is 21.6 Å². The first-order valence-electron chi connectivity index (χ1n) is 12.0. The van der Waals surface area contributed by atoms with Crippen LogP contribution >= 0.6 is 0 Å². The van der Waals surface area contributed by atoms with Crippen LogP contribution in [0.3, 0.4) is 0 Å². The van der Waals surface area contributed by atoms with Crippen LogP contribution in [0.1, 0.15) is 55.2 Å². The number of carbonyl (C=O) groups excluding carboxylic acids is 1. The molecule has 35 heavy (non-hydrogen) atoms. The van der Waals surface area contributed by atoms with Crippen molar-refractivity contribution in [3.8, 4) is 0 Å². The highest BCUT2D eigenvalue weighted by Gasteiger charge is 2.25. The van der Waals surface area contributed by atoms with Gasteiger partial charge in [0.15, 0.2) is 0 Å². The number of aryl methyl sites for hydroxylation is 2. The molecule has 186 valence electrons. The van der Waals surface area contributed by atoms with Crippen LogP contribution in [-0.2, 0) is 28.3 Å². The van der Waals surface area contributed by atoms with Gasteiger partial charge in [-0.25, -0.2) is 13.4 Å². The number of amides is 1. The molecule has 1 unspecified atom stereocenters. The molecule has 3 aromatic rings. The molecule has 2 heterocycles. The summed E-state index contributed by atoms with van der Waals surface area (Å²) in [4.78, 5) is 16.9. The minimum Gasteiger partial charge on any atom is -0.380 e. The Kier molecular flexibility index (Phi) is 8.00. The number of nitrogens with zero attached hydrogens (tertiary/aromatic N) is 3. The quantitative estimate of drug-likeness (QED) is 0.496. The van der Waals surface area contributed by atoms with E-state index in [4.69, 9.17) is 0 Å². The lowest BCUT2D eigenvalue weighted by atomic mass is 10.1. The molecular weight excluding hydrogens is 464 g/mol. The summed E-state index contributed by atoms with van der Waals surface area (Å²) in [5.41, 5.74) is 2.24. The zero-order valence-electron chi connectivity index (χ0n) is 19.9. The summed E-state index contributed by atoms with van der Waals surface area (Å²) in [7, 11) is -1.65.